The highest BCUT2D eigenvalue weighted by atomic mass is 35.5. The van der Waals surface area contributed by atoms with Gasteiger partial charge in [-0.1, -0.05) is 54.4 Å². The molecular formula is C16H16Cl2FN. The predicted molar refractivity (Wildman–Crippen MR) is 83.0 cm³/mol. The van der Waals surface area contributed by atoms with Crippen molar-refractivity contribution in [3.63, 3.8) is 0 Å². The van der Waals surface area contributed by atoms with Crippen molar-refractivity contribution in [2.24, 2.45) is 0 Å². The van der Waals surface area contributed by atoms with Gasteiger partial charge in [-0.25, -0.2) is 4.39 Å². The van der Waals surface area contributed by atoms with E-state index >= 15 is 0 Å². The lowest BCUT2D eigenvalue weighted by atomic mass is 9.98. The summed E-state index contributed by atoms with van der Waals surface area (Å²) >= 11 is 12.0. The summed E-state index contributed by atoms with van der Waals surface area (Å²) < 4.78 is 14.1. The molecule has 1 atom stereocenters. The molecular weight excluding hydrogens is 296 g/mol. The average molecular weight is 312 g/mol. The number of halogens is 3. The van der Waals surface area contributed by atoms with Crippen molar-refractivity contribution in [1.29, 1.82) is 0 Å². The SMILES string of the molecule is CCNC(Cc1ccccc1Cl)c1ccc(Cl)cc1F. The third kappa shape index (κ3) is 3.72. The number of rotatable bonds is 5. The van der Waals surface area contributed by atoms with Gasteiger partial charge in [0.1, 0.15) is 5.82 Å². The van der Waals surface area contributed by atoms with Gasteiger partial charge in [-0.2, -0.15) is 0 Å². The van der Waals surface area contributed by atoms with Gasteiger partial charge >= 0.3 is 0 Å². The van der Waals surface area contributed by atoms with E-state index in [4.69, 9.17) is 23.2 Å². The lowest BCUT2D eigenvalue weighted by molar-refractivity contribution is 0.510. The minimum absolute atomic E-state index is 0.128. The van der Waals surface area contributed by atoms with Crippen LogP contribution in [0.25, 0.3) is 0 Å². The Morgan fingerprint density at radius 2 is 1.90 bits per heavy atom. The van der Waals surface area contributed by atoms with E-state index in [1.54, 1.807) is 12.1 Å². The molecule has 0 amide bonds. The Morgan fingerprint density at radius 3 is 2.55 bits per heavy atom. The first-order valence-electron chi connectivity index (χ1n) is 6.53. The molecule has 0 heterocycles. The van der Waals surface area contributed by atoms with Crippen molar-refractivity contribution in [3.05, 3.63) is 69.5 Å². The van der Waals surface area contributed by atoms with Crippen molar-refractivity contribution >= 4 is 23.2 Å². The van der Waals surface area contributed by atoms with Crippen LogP contribution in [0.3, 0.4) is 0 Å². The zero-order chi connectivity index (χ0) is 14.5. The van der Waals surface area contributed by atoms with Crippen LogP contribution in [0.1, 0.15) is 24.1 Å². The zero-order valence-electron chi connectivity index (χ0n) is 11.2. The summed E-state index contributed by atoms with van der Waals surface area (Å²) in [4.78, 5) is 0. The van der Waals surface area contributed by atoms with Crippen LogP contribution in [0.4, 0.5) is 4.39 Å². The minimum atomic E-state index is -0.296. The van der Waals surface area contributed by atoms with E-state index in [0.29, 0.717) is 22.0 Å². The van der Waals surface area contributed by atoms with Crippen LogP contribution in [-0.4, -0.2) is 6.54 Å². The van der Waals surface area contributed by atoms with Crippen LogP contribution in [0.2, 0.25) is 10.0 Å². The fraction of sp³-hybridized carbons (Fsp3) is 0.250. The molecule has 0 bridgehead atoms. The molecule has 0 fully saturated rings. The summed E-state index contributed by atoms with van der Waals surface area (Å²) in [5, 5.41) is 4.39. The summed E-state index contributed by atoms with van der Waals surface area (Å²) in [5.74, 6) is -0.296. The summed E-state index contributed by atoms with van der Waals surface area (Å²) in [6, 6.07) is 12.3. The van der Waals surface area contributed by atoms with Crippen molar-refractivity contribution in [2.45, 2.75) is 19.4 Å². The van der Waals surface area contributed by atoms with Crippen molar-refractivity contribution in [2.75, 3.05) is 6.54 Å². The van der Waals surface area contributed by atoms with Gasteiger partial charge in [0.25, 0.3) is 0 Å². The molecule has 20 heavy (non-hydrogen) atoms. The van der Waals surface area contributed by atoms with Gasteiger partial charge in [-0.3, -0.25) is 0 Å². The highest BCUT2D eigenvalue weighted by Gasteiger charge is 2.16. The van der Waals surface area contributed by atoms with E-state index in [-0.39, 0.29) is 11.9 Å². The van der Waals surface area contributed by atoms with Crippen molar-refractivity contribution < 1.29 is 4.39 Å². The molecule has 0 spiro atoms. The minimum Gasteiger partial charge on any atom is -0.310 e. The maximum atomic E-state index is 14.1. The van der Waals surface area contributed by atoms with E-state index in [9.17, 15) is 4.39 Å². The first-order chi connectivity index (χ1) is 9.61. The van der Waals surface area contributed by atoms with Gasteiger partial charge in [0.15, 0.2) is 0 Å². The molecule has 2 aromatic rings. The van der Waals surface area contributed by atoms with E-state index in [1.807, 2.05) is 31.2 Å². The number of benzene rings is 2. The molecule has 0 aliphatic carbocycles. The van der Waals surface area contributed by atoms with E-state index in [2.05, 4.69) is 5.32 Å². The third-order valence-electron chi connectivity index (χ3n) is 3.17. The maximum Gasteiger partial charge on any atom is 0.129 e. The normalized spacial score (nSPS) is 12.4. The summed E-state index contributed by atoms with van der Waals surface area (Å²) in [5.41, 5.74) is 1.60. The standard InChI is InChI=1S/C16H16Cl2FN/c1-2-20-16(9-11-5-3-4-6-14(11)18)13-8-7-12(17)10-15(13)19/h3-8,10,16,20H,2,9H2,1H3. The Bertz CT molecular complexity index is 586. The van der Waals surface area contributed by atoms with E-state index < -0.39 is 0 Å². The molecule has 2 aromatic carbocycles. The smallest absolute Gasteiger partial charge is 0.129 e. The third-order valence-corrected chi connectivity index (χ3v) is 3.77. The molecule has 0 saturated heterocycles. The molecule has 0 saturated carbocycles. The summed E-state index contributed by atoms with van der Waals surface area (Å²) in [6.07, 6.45) is 0.631. The second kappa shape index (κ2) is 7.07. The van der Waals surface area contributed by atoms with Crippen LogP contribution in [-0.2, 0) is 6.42 Å². The van der Waals surface area contributed by atoms with Gasteiger partial charge in [0.2, 0.25) is 0 Å². The van der Waals surface area contributed by atoms with Gasteiger partial charge in [-0.05, 0) is 36.7 Å². The monoisotopic (exact) mass is 311 g/mol. The van der Waals surface area contributed by atoms with E-state index in [1.165, 1.54) is 6.07 Å². The largest absolute Gasteiger partial charge is 0.310 e. The lowest BCUT2D eigenvalue weighted by Gasteiger charge is -2.20. The van der Waals surface area contributed by atoms with Gasteiger partial charge < -0.3 is 5.32 Å². The average Bonchev–Trinajstić information content (AvgIpc) is 2.41. The van der Waals surface area contributed by atoms with Gasteiger partial charge in [0, 0.05) is 21.7 Å². The zero-order valence-corrected chi connectivity index (χ0v) is 12.7. The fourth-order valence-corrected chi connectivity index (χ4v) is 2.58. The topological polar surface area (TPSA) is 12.0 Å². The Labute approximate surface area is 128 Å². The molecule has 0 radical (unpaired) electrons. The first kappa shape index (κ1) is 15.3. The quantitative estimate of drug-likeness (QED) is 0.817. The Kier molecular flexibility index (Phi) is 5.41. The van der Waals surface area contributed by atoms with Crippen molar-refractivity contribution in [3.8, 4) is 0 Å². The van der Waals surface area contributed by atoms with Crippen molar-refractivity contribution in [1.82, 2.24) is 5.32 Å². The summed E-state index contributed by atoms with van der Waals surface area (Å²) in [7, 11) is 0. The second-order valence-electron chi connectivity index (χ2n) is 4.57. The maximum absolute atomic E-state index is 14.1. The molecule has 0 aromatic heterocycles. The lowest BCUT2D eigenvalue weighted by Crippen LogP contribution is -2.24. The Morgan fingerprint density at radius 1 is 1.15 bits per heavy atom. The predicted octanol–water partition coefficient (Wildman–Crippen LogP) is 5.03. The van der Waals surface area contributed by atoms with Crippen LogP contribution < -0.4 is 5.32 Å². The molecule has 2 rings (SSSR count). The second-order valence-corrected chi connectivity index (χ2v) is 5.42. The molecule has 1 unspecified atom stereocenters. The molecule has 1 N–H and O–H groups in total. The number of hydrogen-bond donors (Lipinski definition) is 1. The number of nitrogens with one attached hydrogen (secondary N) is 1. The molecule has 106 valence electrons. The van der Waals surface area contributed by atoms with E-state index in [0.717, 1.165) is 12.1 Å². The number of hydrogen-bond acceptors (Lipinski definition) is 1. The number of likely N-dealkylation sites (N-methyl/N-ethyl adjacent to an activating group) is 1. The van der Waals surface area contributed by atoms with Crippen LogP contribution in [0, 0.1) is 5.82 Å². The van der Waals surface area contributed by atoms with Gasteiger partial charge in [-0.15, -0.1) is 0 Å². The molecule has 0 aliphatic rings. The van der Waals surface area contributed by atoms with Crippen LogP contribution in [0.5, 0.6) is 0 Å². The highest BCUT2D eigenvalue weighted by Crippen LogP contribution is 2.26. The van der Waals surface area contributed by atoms with Crippen LogP contribution >= 0.6 is 23.2 Å². The molecule has 1 nitrogen and oxygen atoms in total. The fourth-order valence-electron chi connectivity index (χ4n) is 2.21. The molecule has 0 aliphatic heterocycles. The van der Waals surface area contributed by atoms with Gasteiger partial charge in [0.05, 0.1) is 0 Å². The Hall–Kier alpha value is -1.09. The first-order valence-corrected chi connectivity index (χ1v) is 7.29. The molecule has 4 heteroatoms. The highest BCUT2D eigenvalue weighted by molar-refractivity contribution is 6.31. The van der Waals surface area contributed by atoms with Crippen LogP contribution in [0.15, 0.2) is 42.5 Å². The summed E-state index contributed by atoms with van der Waals surface area (Å²) in [6.45, 7) is 2.74. The Balaban J connectivity index is 2.29.